The highest BCUT2D eigenvalue weighted by molar-refractivity contribution is 5.36. The summed E-state index contributed by atoms with van der Waals surface area (Å²) in [5, 5.41) is 11.6. The van der Waals surface area contributed by atoms with E-state index in [0.717, 1.165) is 5.69 Å². The number of nitrogens with one attached hydrogen (secondary N) is 1. The van der Waals surface area contributed by atoms with Gasteiger partial charge in [-0.3, -0.25) is 0 Å². The van der Waals surface area contributed by atoms with Gasteiger partial charge in [0.2, 0.25) is 5.95 Å². The van der Waals surface area contributed by atoms with Crippen LogP contribution in [-0.4, -0.2) is 17.0 Å². The highest BCUT2D eigenvalue weighted by atomic mass is 16.5. The molecule has 0 fully saturated rings. The Morgan fingerprint density at radius 2 is 2.28 bits per heavy atom. The molecule has 0 saturated heterocycles. The summed E-state index contributed by atoms with van der Waals surface area (Å²) in [6, 6.07) is 10.9. The van der Waals surface area contributed by atoms with Crippen LogP contribution in [0.2, 0.25) is 0 Å². The van der Waals surface area contributed by atoms with Gasteiger partial charge in [0.25, 0.3) is 0 Å². The van der Waals surface area contributed by atoms with Crippen LogP contribution >= 0.6 is 0 Å². The molecule has 18 heavy (non-hydrogen) atoms. The van der Waals surface area contributed by atoms with Gasteiger partial charge >= 0.3 is 0 Å². The third-order valence-corrected chi connectivity index (χ3v) is 2.29. The molecule has 0 aliphatic heterocycles. The first-order valence-electron chi connectivity index (χ1n) is 5.44. The molecule has 0 unspecified atom stereocenters. The van der Waals surface area contributed by atoms with Crippen LogP contribution in [0.25, 0.3) is 0 Å². The Balaban J connectivity index is 2.04. The first kappa shape index (κ1) is 11.9. The van der Waals surface area contributed by atoms with Gasteiger partial charge < -0.3 is 10.1 Å². The van der Waals surface area contributed by atoms with Crippen molar-refractivity contribution in [2.75, 3.05) is 12.4 Å². The first-order valence-corrected chi connectivity index (χ1v) is 5.44. The van der Waals surface area contributed by atoms with Crippen molar-refractivity contribution >= 4 is 5.95 Å². The van der Waals surface area contributed by atoms with Gasteiger partial charge in [0, 0.05) is 13.2 Å². The number of hydrogen-bond donors (Lipinski definition) is 1. The van der Waals surface area contributed by atoms with Crippen LogP contribution in [0.5, 0.6) is 5.75 Å². The second-order valence-electron chi connectivity index (χ2n) is 3.55. The van der Waals surface area contributed by atoms with Gasteiger partial charge in [-0.05, 0) is 24.3 Å². The molecule has 1 heterocycles. The average Bonchev–Trinajstić information content (AvgIpc) is 2.45. The molecular weight excluding hydrogens is 228 g/mol. The Morgan fingerprint density at radius 1 is 1.39 bits per heavy atom. The quantitative estimate of drug-likeness (QED) is 0.884. The molecule has 0 amide bonds. The lowest BCUT2D eigenvalue weighted by atomic mass is 10.2. The molecule has 5 heteroatoms. The fourth-order valence-corrected chi connectivity index (χ4v) is 1.41. The van der Waals surface area contributed by atoms with Crippen LogP contribution in [0.15, 0.2) is 36.5 Å². The number of hydrogen-bond acceptors (Lipinski definition) is 5. The minimum Gasteiger partial charge on any atom is -0.487 e. The molecule has 90 valence electrons. The fraction of sp³-hybridized carbons (Fsp3) is 0.154. The molecule has 0 aliphatic carbocycles. The second-order valence-corrected chi connectivity index (χ2v) is 3.55. The second kappa shape index (κ2) is 5.64. The number of aromatic nitrogens is 2. The van der Waals surface area contributed by atoms with E-state index in [1.165, 1.54) is 0 Å². The van der Waals surface area contributed by atoms with Crippen molar-refractivity contribution in [1.82, 2.24) is 9.97 Å². The van der Waals surface area contributed by atoms with E-state index in [0.29, 0.717) is 23.9 Å². The van der Waals surface area contributed by atoms with E-state index < -0.39 is 0 Å². The van der Waals surface area contributed by atoms with E-state index >= 15 is 0 Å². The maximum Gasteiger partial charge on any atom is 0.222 e. The van der Waals surface area contributed by atoms with E-state index in [2.05, 4.69) is 21.4 Å². The van der Waals surface area contributed by atoms with Crippen molar-refractivity contribution in [3.05, 3.63) is 47.8 Å². The van der Waals surface area contributed by atoms with Crippen molar-refractivity contribution in [2.24, 2.45) is 0 Å². The fourth-order valence-electron chi connectivity index (χ4n) is 1.41. The number of ether oxygens (including phenoxy) is 1. The van der Waals surface area contributed by atoms with Crippen LogP contribution < -0.4 is 10.1 Å². The zero-order valence-electron chi connectivity index (χ0n) is 9.92. The van der Waals surface area contributed by atoms with Gasteiger partial charge in [0.1, 0.15) is 12.4 Å². The molecule has 1 aromatic carbocycles. The minimum absolute atomic E-state index is 0.339. The third kappa shape index (κ3) is 2.95. The predicted molar refractivity (Wildman–Crippen MR) is 67.1 cm³/mol. The molecule has 0 atom stereocenters. The van der Waals surface area contributed by atoms with Gasteiger partial charge in [-0.1, -0.05) is 6.07 Å². The molecule has 0 saturated carbocycles. The summed E-state index contributed by atoms with van der Waals surface area (Å²) in [5.74, 6) is 1.21. The summed E-state index contributed by atoms with van der Waals surface area (Å²) in [6.45, 7) is 0.339. The number of rotatable bonds is 4. The third-order valence-electron chi connectivity index (χ3n) is 2.29. The predicted octanol–water partition coefficient (Wildman–Crippen LogP) is 1.97. The Bertz CT molecular complexity index is 577. The lowest BCUT2D eigenvalue weighted by molar-refractivity contribution is 0.301. The number of nitrogens with zero attached hydrogens (tertiary/aromatic N) is 3. The molecule has 2 rings (SSSR count). The summed E-state index contributed by atoms with van der Waals surface area (Å²) in [5.41, 5.74) is 1.35. The van der Waals surface area contributed by atoms with Crippen LogP contribution in [-0.2, 0) is 6.61 Å². The van der Waals surface area contributed by atoms with E-state index in [-0.39, 0.29) is 0 Å². The SMILES string of the molecule is CNc1nccc(COc2cccc(C#N)c2)n1. The van der Waals surface area contributed by atoms with E-state index in [1.54, 1.807) is 43.6 Å². The van der Waals surface area contributed by atoms with Crippen LogP contribution in [0.1, 0.15) is 11.3 Å². The standard InChI is InChI=1S/C13H12N4O/c1-15-13-16-6-5-11(17-13)9-18-12-4-2-3-10(7-12)8-14/h2-7H,9H2,1H3,(H,15,16,17). The lowest BCUT2D eigenvalue weighted by Crippen LogP contribution is -2.02. The van der Waals surface area contributed by atoms with Gasteiger partial charge in [-0.2, -0.15) is 5.26 Å². The van der Waals surface area contributed by atoms with Crippen molar-refractivity contribution in [1.29, 1.82) is 5.26 Å². The first-order chi connectivity index (χ1) is 8.81. The molecule has 0 bridgehead atoms. The molecule has 5 nitrogen and oxygen atoms in total. The Morgan fingerprint density at radius 3 is 3.06 bits per heavy atom. The van der Waals surface area contributed by atoms with Crippen LogP contribution in [0.4, 0.5) is 5.95 Å². The lowest BCUT2D eigenvalue weighted by Gasteiger charge is -2.06. The van der Waals surface area contributed by atoms with Crippen molar-refractivity contribution < 1.29 is 4.74 Å². The molecule has 1 aromatic heterocycles. The summed E-state index contributed by atoms with van der Waals surface area (Å²) in [6.07, 6.45) is 1.67. The Kier molecular flexibility index (Phi) is 3.72. The zero-order chi connectivity index (χ0) is 12.8. The molecular formula is C13H12N4O. The van der Waals surface area contributed by atoms with Gasteiger partial charge in [-0.15, -0.1) is 0 Å². The summed E-state index contributed by atoms with van der Waals surface area (Å²) in [4.78, 5) is 8.26. The average molecular weight is 240 g/mol. The molecule has 1 N–H and O–H groups in total. The van der Waals surface area contributed by atoms with Crippen molar-refractivity contribution in [2.45, 2.75) is 6.61 Å². The Hall–Kier alpha value is -2.61. The van der Waals surface area contributed by atoms with Gasteiger partial charge in [-0.25, -0.2) is 9.97 Å². The molecule has 0 spiro atoms. The molecule has 2 aromatic rings. The van der Waals surface area contributed by atoms with E-state index in [1.807, 2.05) is 0 Å². The topological polar surface area (TPSA) is 70.8 Å². The minimum atomic E-state index is 0.339. The Labute approximate surface area is 105 Å². The monoisotopic (exact) mass is 240 g/mol. The summed E-state index contributed by atoms with van der Waals surface area (Å²) < 4.78 is 5.56. The van der Waals surface area contributed by atoms with Gasteiger partial charge in [0.15, 0.2) is 0 Å². The maximum atomic E-state index is 8.78. The number of anilines is 1. The smallest absolute Gasteiger partial charge is 0.222 e. The summed E-state index contributed by atoms with van der Waals surface area (Å²) in [7, 11) is 1.76. The zero-order valence-corrected chi connectivity index (χ0v) is 9.92. The van der Waals surface area contributed by atoms with E-state index in [4.69, 9.17) is 10.00 Å². The number of nitriles is 1. The van der Waals surface area contributed by atoms with Crippen LogP contribution in [0, 0.1) is 11.3 Å². The maximum absolute atomic E-state index is 8.78. The normalized spacial score (nSPS) is 9.56. The highest BCUT2D eigenvalue weighted by Gasteiger charge is 2.00. The summed E-state index contributed by atoms with van der Waals surface area (Å²) >= 11 is 0. The van der Waals surface area contributed by atoms with E-state index in [9.17, 15) is 0 Å². The highest BCUT2D eigenvalue weighted by Crippen LogP contribution is 2.14. The van der Waals surface area contributed by atoms with Gasteiger partial charge in [0.05, 0.1) is 17.3 Å². The van der Waals surface area contributed by atoms with Crippen molar-refractivity contribution in [3.8, 4) is 11.8 Å². The molecule has 0 aliphatic rings. The number of benzene rings is 1. The molecule has 0 radical (unpaired) electrons. The van der Waals surface area contributed by atoms with Crippen LogP contribution in [0.3, 0.4) is 0 Å². The van der Waals surface area contributed by atoms with Crippen molar-refractivity contribution in [3.63, 3.8) is 0 Å². The largest absolute Gasteiger partial charge is 0.487 e.